The van der Waals surface area contributed by atoms with Crippen molar-refractivity contribution in [2.45, 2.75) is 12.1 Å². The first kappa shape index (κ1) is 22.2. The standard InChI is InChI=1S/C22H19Cl2N3O2S/c1-3-29-19(28)13-12-15-20(14-8-4-5-9-16(14)23)26-22(30-2)27-21(15)25-18-11-7-6-10-17(18)24/h4-13H,3H2,1-2H3,(H,25,26,27)/b13-12+. The third-order valence-corrected chi connectivity index (χ3v) is 5.24. The van der Waals surface area contributed by atoms with Crippen LogP contribution in [0.2, 0.25) is 10.0 Å². The SMILES string of the molecule is CCOC(=O)/C=C/c1c(Nc2ccccc2Cl)nc(SC)nc1-c1ccccc1Cl. The summed E-state index contributed by atoms with van der Waals surface area (Å²) in [6, 6.07) is 14.7. The molecule has 0 unspecified atom stereocenters. The van der Waals surface area contributed by atoms with Gasteiger partial charge in [0.25, 0.3) is 0 Å². The number of ether oxygens (including phenoxy) is 1. The molecule has 3 rings (SSSR count). The van der Waals surface area contributed by atoms with Crippen LogP contribution in [0.3, 0.4) is 0 Å². The Balaban J connectivity index is 2.20. The molecule has 0 spiro atoms. The van der Waals surface area contributed by atoms with E-state index in [0.717, 1.165) is 5.56 Å². The number of anilines is 2. The van der Waals surface area contributed by atoms with E-state index in [2.05, 4.69) is 15.3 Å². The van der Waals surface area contributed by atoms with Crippen LogP contribution < -0.4 is 5.32 Å². The van der Waals surface area contributed by atoms with E-state index in [1.807, 2.05) is 42.7 Å². The van der Waals surface area contributed by atoms with Gasteiger partial charge in [0.1, 0.15) is 5.82 Å². The first-order valence-corrected chi connectivity index (χ1v) is 11.1. The van der Waals surface area contributed by atoms with Gasteiger partial charge in [-0.1, -0.05) is 65.3 Å². The van der Waals surface area contributed by atoms with Crippen molar-refractivity contribution in [3.8, 4) is 11.3 Å². The van der Waals surface area contributed by atoms with Gasteiger partial charge in [-0.3, -0.25) is 0 Å². The van der Waals surface area contributed by atoms with Gasteiger partial charge in [0, 0.05) is 22.2 Å². The first-order chi connectivity index (χ1) is 14.5. The van der Waals surface area contributed by atoms with Gasteiger partial charge < -0.3 is 10.1 Å². The van der Waals surface area contributed by atoms with Gasteiger partial charge in [0.2, 0.25) is 0 Å². The molecule has 3 aromatic rings. The van der Waals surface area contributed by atoms with Crippen molar-refractivity contribution in [3.05, 3.63) is 70.2 Å². The van der Waals surface area contributed by atoms with E-state index in [1.165, 1.54) is 17.8 Å². The van der Waals surface area contributed by atoms with Crippen LogP contribution in [0.1, 0.15) is 12.5 Å². The van der Waals surface area contributed by atoms with Crippen molar-refractivity contribution in [3.63, 3.8) is 0 Å². The van der Waals surface area contributed by atoms with Gasteiger partial charge in [-0.25, -0.2) is 14.8 Å². The molecular formula is C22H19Cl2N3O2S. The summed E-state index contributed by atoms with van der Waals surface area (Å²) < 4.78 is 5.02. The second kappa shape index (κ2) is 10.5. The minimum atomic E-state index is -0.458. The number of carbonyl (C=O) groups excluding carboxylic acids is 1. The Labute approximate surface area is 189 Å². The monoisotopic (exact) mass is 459 g/mol. The van der Waals surface area contributed by atoms with Crippen LogP contribution in [0.5, 0.6) is 0 Å². The number of esters is 1. The van der Waals surface area contributed by atoms with Crippen LogP contribution >= 0.6 is 35.0 Å². The molecule has 30 heavy (non-hydrogen) atoms. The van der Waals surface area contributed by atoms with Crippen molar-refractivity contribution < 1.29 is 9.53 Å². The maximum Gasteiger partial charge on any atom is 0.330 e. The summed E-state index contributed by atoms with van der Waals surface area (Å²) in [7, 11) is 0. The topological polar surface area (TPSA) is 64.1 Å². The number of hydrogen-bond donors (Lipinski definition) is 1. The van der Waals surface area contributed by atoms with E-state index in [-0.39, 0.29) is 6.61 Å². The van der Waals surface area contributed by atoms with Crippen LogP contribution in [0, 0.1) is 0 Å². The van der Waals surface area contributed by atoms with Gasteiger partial charge in [0.05, 0.1) is 23.0 Å². The maximum atomic E-state index is 12.0. The Hall–Kier alpha value is -2.54. The zero-order chi connectivity index (χ0) is 21.5. The molecule has 0 aliphatic rings. The molecule has 8 heteroatoms. The van der Waals surface area contributed by atoms with Crippen LogP contribution in [0.25, 0.3) is 17.3 Å². The number of hydrogen-bond acceptors (Lipinski definition) is 6. The normalized spacial score (nSPS) is 10.9. The van der Waals surface area contributed by atoms with Crippen molar-refractivity contribution in [1.82, 2.24) is 9.97 Å². The Morgan fingerprint density at radius 3 is 2.47 bits per heavy atom. The second-order valence-corrected chi connectivity index (χ2v) is 7.58. The number of nitrogens with zero attached hydrogens (tertiary/aromatic N) is 2. The van der Waals surface area contributed by atoms with Crippen LogP contribution in [0.4, 0.5) is 11.5 Å². The summed E-state index contributed by atoms with van der Waals surface area (Å²) in [5, 5.41) is 4.89. The molecule has 0 aliphatic heterocycles. The fourth-order valence-corrected chi connectivity index (χ4v) is 3.46. The summed E-state index contributed by atoms with van der Waals surface area (Å²) in [4.78, 5) is 21.2. The highest BCUT2D eigenvalue weighted by atomic mass is 35.5. The minimum Gasteiger partial charge on any atom is -0.463 e. The second-order valence-electron chi connectivity index (χ2n) is 5.99. The van der Waals surface area contributed by atoms with E-state index >= 15 is 0 Å². The number of nitrogens with one attached hydrogen (secondary N) is 1. The van der Waals surface area contributed by atoms with Crippen molar-refractivity contribution >= 4 is 58.5 Å². The Morgan fingerprint density at radius 2 is 1.80 bits per heavy atom. The largest absolute Gasteiger partial charge is 0.463 e. The molecule has 0 amide bonds. The summed E-state index contributed by atoms with van der Waals surface area (Å²) >= 11 is 14.2. The van der Waals surface area contributed by atoms with E-state index in [4.69, 9.17) is 27.9 Å². The molecule has 154 valence electrons. The number of rotatable bonds is 7. The molecule has 0 fully saturated rings. The molecule has 0 bridgehead atoms. The molecule has 1 heterocycles. The predicted molar refractivity (Wildman–Crippen MR) is 125 cm³/mol. The highest BCUT2D eigenvalue weighted by Gasteiger charge is 2.17. The number of halogens is 2. The number of carbonyl (C=O) groups is 1. The quantitative estimate of drug-likeness (QED) is 0.188. The maximum absolute atomic E-state index is 12.0. The summed E-state index contributed by atoms with van der Waals surface area (Å²) in [5.74, 6) is 0.0400. The Morgan fingerprint density at radius 1 is 1.10 bits per heavy atom. The third kappa shape index (κ3) is 5.33. The number of para-hydroxylation sites is 1. The average molecular weight is 460 g/mol. The van der Waals surface area contributed by atoms with E-state index < -0.39 is 5.97 Å². The summed E-state index contributed by atoms with van der Waals surface area (Å²) in [6.45, 7) is 2.04. The lowest BCUT2D eigenvalue weighted by atomic mass is 10.1. The van der Waals surface area contributed by atoms with Gasteiger partial charge in [0.15, 0.2) is 5.16 Å². The lowest BCUT2D eigenvalue weighted by molar-refractivity contribution is -0.137. The smallest absolute Gasteiger partial charge is 0.330 e. The van der Waals surface area contributed by atoms with Crippen LogP contribution in [-0.4, -0.2) is 28.8 Å². The van der Waals surface area contributed by atoms with Gasteiger partial charge >= 0.3 is 5.97 Å². The van der Waals surface area contributed by atoms with Crippen molar-refractivity contribution in [1.29, 1.82) is 0 Å². The molecule has 1 N–H and O–H groups in total. The summed E-state index contributed by atoms with van der Waals surface area (Å²) in [6.07, 6.45) is 4.86. The van der Waals surface area contributed by atoms with Crippen LogP contribution in [-0.2, 0) is 9.53 Å². The molecule has 0 saturated heterocycles. The average Bonchev–Trinajstić information content (AvgIpc) is 2.74. The number of thioether (sulfide) groups is 1. The molecule has 1 aromatic heterocycles. The third-order valence-electron chi connectivity index (χ3n) is 4.04. The molecule has 0 saturated carbocycles. The van der Waals surface area contributed by atoms with Crippen molar-refractivity contribution in [2.75, 3.05) is 18.2 Å². The lowest BCUT2D eigenvalue weighted by Gasteiger charge is -2.15. The summed E-state index contributed by atoms with van der Waals surface area (Å²) in [5.41, 5.74) is 2.59. The molecule has 2 aromatic carbocycles. The zero-order valence-electron chi connectivity index (χ0n) is 16.4. The van der Waals surface area contributed by atoms with Crippen LogP contribution in [0.15, 0.2) is 59.8 Å². The molecule has 5 nitrogen and oxygen atoms in total. The van der Waals surface area contributed by atoms with Gasteiger partial charge in [-0.2, -0.15) is 0 Å². The molecule has 0 atom stereocenters. The number of benzene rings is 2. The van der Waals surface area contributed by atoms with E-state index in [1.54, 1.807) is 25.1 Å². The lowest BCUT2D eigenvalue weighted by Crippen LogP contribution is -2.04. The highest BCUT2D eigenvalue weighted by Crippen LogP contribution is 2.36. The first-order valence-electron chi connectivity index (χ1n) is 9.10. The molecule has 0 aliphatic carbocycles. The molecule has 0 radical (unpaired) electrons. The highest BCUT2D eigenvalue weighted by molar-refractivity contribution is 7.98. The van der Waals surface area contributed by atoms with Crippen molar-refractivity contribution in [2.24, 2.45) is 0 Å². The Bertz CT molecular complexity index is 1090. The zero-order valence-corrected chi connectivity index (χ0v) is 18.7. The number of aromatic nitrogens is 2. The minimum absolute atomic E-state index is 0.285. The van der Waals surface area contributed by atoms with E-state index in [0.29, 0.717) is 38.0 Å². The van der Waals surface area contributed by atoms with Gasteiger partial charge in [-0.15, -0.1) is 0 Å². The predicted octanol–water partition coefficient (Wildman–Crippen LogP) is 6.49. The molecular weight excluding hydrogens is 441 g/mol. The Kier molecular flexibility index (Phi) is 7.74. The van der Waals surface area contributed by atoms with Gasteiger partial charge in [-0.05, 0) is 37.5 Å². The van der Waals surface area contributed by atoms with E-state index in [9.17, 15) is 4.79 Å². The fourth-order valence-electron chi connectivity index (χ4n) is 2.68. The fraction of sp³-hybridized carbons (Fsp3) is 0.136.